The van der Waals surface area contributed by atoms with E-state index < -0.39 is 0 Å². The predicted octanol–water partition coefficient (Wildman–Crippen LogP) is 3.65. The summed E-state index contributed by atoms with van der Waals surface area (Å²) >= 11 is 1.93. The summed E-state index contributed by atoms with van der Waals surface area (Å²) in [5.74, 6) is 4.83. The lowest BCUT2D eigenvalue weighted by molar-refractivity contribution is 0.746. The molecule has 0 radical (unpaired) electrons. The van der Waals surface area contributed by atoms with E-state index >= 15 is 0 Å². The Morgan fingerprint density at radius 3 is 2.55 bits per heavy atom. The van der Waals surface area contributed by atoms with E-state index in [1.807, 2.05) is 18.8 Å². The average Bonchev–Trinajstić information content (AvgIpc) is 3.29. The summed E-state index contributed by atoms with van der Waals surface area (Å²) in [5.41, 5.74) is 1.13. The largest absolute Gasteiger partial charge is 0.373 e. The minimum Gasteiger partial charge on any atom is -0.373 e. The number of hydrogen-bond donors (Lipinski definition) is 2. The first kappa shape index (κ1) is 15.4. The first-order chi connectivity index (χ1) is 9.76. The van der Waals surface area contributed by atoms with Crippen molar-refractivity contribution in [1.29, 1.82) is 0 Å². The van der Waals surface area contributed by atoms with Crippen LogP contribution in [0.15, 0.2) is 0 Å². The molecule has 0 amide bonds. The molecule has 1 aliphatic carbocycles. The normalized spacial score (nSPS) is 14.3. The molecule has 0 atom stereocenters. The smallest absolute Gasteiger partial charge is 0.136 e. The van der Waals surface area contributed by atoms with Crippen molar-refractivity contribution in [2.24, 2.45) is 0 Å². The molecule has 112 valence electrons. The lowest BCUT2D eigenvalue weighted by Crippen LogP contribution is -2.10. The third-order valence-corrected chi connectivity index (χ3v) is 4.36. The van der Waals surface area contributed by atoms with E-state index in [0.29, 0.717) is 5.92 Å². The van der Waals surface area contributed by atoms with Gasteiger partial charge in [0.05, 0.1) is 0 Å². The van der Waals surface area contributed by atoms with Gasteiger partial charge in [0.25, 0.3) is 0 Å². The first-order valence-electron chi connectivity index (χ1n) is 7.55. The molecular weight excluding hydrogens is 268 g/mol. The molecule has 1 aromatic rings. The second-order valence-corrected chi connectivity index (χ2v) is 6.39. The zero-order chi connectivity index (χ0) is 14.4. The van der Waals surface area contributed by atoms with Crippen molar-refractivity contribution in [2.75, 3.05) is 36.2 Å². The summed E-state index contributed by atoms with van der Waals surface area (Å²) in [6, 6.07) is 0. The Hall–Kier alpha value is -0.970. The van der Waals surface area contributed by atoms with Crippen molar-refractivity contribution in [1.82, 2.24) is 9.97 Å². The molecule has 0 spiro atoms. The molecule has 0 aliphatic heterocycles. The molecule has 0 bridgehead atoms. The van der Waals surface area contributed by atoms with Crippen LogP contribution in [0, 0.1) is 6.92 Å². The minimum absolute atomic E-state index is 0.588. The molecule has 0 saturated heterocycles. The Balaban J connectivity index is 1.90. The summed E-state index contributed by atoms with van der Waals surface area (Å²) in [6.45, 7) is 3.08. The molecule has 1 aromatic heterocycles. The summed E-state index contributed by atoms with van der Waals surface area (Å²) in [4.78, 5) is 9.33. The highest BCUT2D eigenvalue weighted by Gasteiger charge is 2.28. The highest BCUT2D eigenvalue weighted by Crippen LogP contribution is 2.39. The van der Waals surface area contributed by atoms with E-state index in [-0.39, 0.29) is 0 Å². The van der Waals surface area contributed by atoms with Gasteiger partial charge < -0.3 is 10.6 Å². The number of unbranched alkanes of at least 4 members (excludes halogenated alkanes) is 2. The van der Waals surface area contributed by atoms with Gasteiger partial charge in [-0.25, -0.2) is 9.97 Å². The minimum atomic E-state index is 0.588. The Bertz CT molecular complexity index is 432. The molecule has 20 heavy (non-hydrogen) atoms. The van der Waals surface area contributed by atoms with Crippen molar-refractivity contribution < 1.29 is 0 Å². The van der Waals surface area contributed by atoms with Crippen LogP contribution in [0.5, 0.6) is 0 Å². The van der Waals surface area contributed by atoms with E-state index in [4.69, 9.17) is 4.98 Å². The summed E-state index contributed by atoms with van der Waals surface area (Å²) < 4.78 is 0. The van der Waals surface area contributed by atoms with Crippen molar-refractivity contribution >= 4 is 23.4 Å². The van der Waals surface area contributed by atoms with Gasteiger partial charge in [-0.3, -0.25) is 0 Å². The Morgan fingerprint density at radius 1 is 1.15 bits per heavy atom. The van der Waals surface area contributed by atoms with Gasteiger partial charge in [0.15, 0.2) is 0 Å². The van der Waals surface area contributed by atoms with Crippen LogP contribution in [0.4, 0.5) is 11.6 Å². The average molecular weight is 294 g/mol. The summed E-state index contributed by atoms with van der Waals surface area (Å²) in [6.07, 6.45) is 8.44. The van der Waals surface area contributed by atoms with Crippen LogP contribution in [0.25, 0.3) is 0 Å². The lowest BCUT2D eigenvalue weighted by Gasteiger charge is -2.13. The van der Waals surface area contributed by atoms with E-state index in [1.165, 1.54) is 37.9 Å². The fraction of sp³-hybridized carbons (Fsp3) is 0.733. The van der Waals surface area contributed by atoms with E-state index in [2.05, 4.69) is 28.8 Å². The summed E-state index contributed by atoms with van der Waals surface area (Å²) in [5, 5.41) is 6.67. The second kappa shape index (κ2) is 7.72. The third kappa shape index (κ3) is 4.27. The van der Waals surface area contributed by atoms with Crippen LogP contribution in [0.2, 0.25) is 0 Å². The van der Waals surface area contributed by atoms with Gasteiger partial charge >= 0.3 is 0 Å². The first-order valence-corrected chi connectivity index (χ1v) is 8.94. The molecule has 1 heterocycles. The maximum atomic E-state index is 4.71. The number of hydrogen-bond acceptors (Lipinski definition) is 5. The van der Waals surface area contributed by atoms with Crippen molar-refractivity contribution in [2.45, 2.75) is 44.9 Å². The van der Waals surface area contributed by atoms with Crippen LogP contribution in [0.1, 0.15) is 49.4 Å². The van der Waals surface area contributed by atoms with E-state index in [1.54, 1.807) is 0 Å². The highest BCUT2D eigenvalue weighted by atomic mass is 32.2. The van der Waals surface area contributed by atoms with E-state index in [0.717, 1.165) is 29.6 Å². The zero-order valence-corrected chi connectivity index (χ0v) is 13.6. The van der Waals surface area contributed by atoms with Crippen molar-refractivity contribution in [3.63, 3.8) is 0 Å². The van der Waals surface area contributed by atoms with Gasteiger partial charge in [0, 0.05) is 25.1 Å². The standard InChI is InChI=1S/C15H26N4S/c1-11-13(16-2)18-15(12-7-8-12)19-14(11)17-9-5-4-6-10-20-3/h12H,4-10H2,1-3H3,(H2,16,17,18,19). The van der Waals surface area contributed by atoms with Crippen LogP contribution in [-0.4, -0.2) is 35.6 Å². The second-order valence-electron chi connectivity index (χ2n) is 5.41. The fourth-order valence-corrected chi connectivity index (χ4v) is 2.72. The number of nitrogens with one attached hydrogen (secondary N) is 2. The van der Waals surface area contributed by atoms with Crippen LogP contribution in [0.3, 0.4) is 0 Å². The van der Waals surface area contributed by atoms with Crippen molar-refractivity contribution in [3.05, 3.63) is 11.4 Å². The third-order valence-electron chi connectivity index (χ3n) is 3.66. The number of nitrogens with zero attached hydrogens (tertiary/aromatic N) is 2. The quantitative estimate of drug-likeness (QED) is 0.681. The molecule has 0 unspecified atom stereocenters. The number of rotatable bonds is 9. The summed E-state index contributed by atoms with van der Waals surface area (Å²) in [7, 11) is 1.93. The SMILES string of the molecule is CNc1nc(C2CC2)nc(NCCCCCSC)c1C. The zero-order valence-electron chi connectivity index (χ0n) is 12.8. The van der Waals surface area contributed by atoms with Crippen LogP contribution in [-0.2, 0) is 0 Å². The molecule has 5 heteroatoms. The molecule has 2 N–H and O–H groups in total. The lowest BCUT2D eigenvalue weighted by atomic mass is 10.2. The van der Waals surface area contributed by atoms with Crippen molar-refractivity contribution in [3.8, 4) is 0 Å². The Labute approximate surface area is 126 Å². The highest BCUT2D eigenvalue weighted by molar-refractivity contribution is 7.98. The molecule has 1 aliphatic rings. The molecule has 1 saturated carbocycles. The van der Waals surface area contributed by atoms with Crippen LogP contribution < -0.4 is 10.6 Å². The number of anilines is 2. The number of thioether (sulfide) groups is 1. The van der Waals surface area contributed by atoms with Gasteiger partial charge in [0.1, 0.15) is 17.5 Å². The van der Waals surface area contributed by atoms with Gasteiger partial charge in [-0.1, -0.05) is 6.42 Å². The molecular formula is C15H26N4S. The molecule has 2 rings (SSSR count). The predicted molar refractivity (Wildman–Crippen MR) is 89.0 cm³/mol. The van der Waals surface area contributed by atoms with Gasteiger partial charge in [-0.2, -0.15) is 11.8 Å². The van der Waals surface area contributed by atoms with Gasteiger partial charge in [0.2, 0.25) is 0 Å². The van der Waals surface area contributed by atoms with Gasteiger partial charge in [-0.05, 0) is 44.6 Å². The maximum Gasteiger partial charge on any atom is 0.136 e. The Morgan fingerprint density at radius 2 is 1.90 bits per heavy atom. The molecule has 4 nitrogen and oxygen atoms in total. The van der Waals surface area contributed by atoms with Crippen LogP contribution >= 0.6 is 11.8 Å². The maximum absolute atomic E-state index is 4.71. The molecule has 0 aromatic carbocycles. The monoisotopic (exact) mass is 294 g/mol. The van der Waals surface area contributed by atoms with E-state index in [9.17, 15) is 0 Å². The Kier molecular flexibility index (Phi) is 5.95. The van der Waals surface area contributed by atoms with Gasteiger partial charge in [-0.15, -0.1) is 0 Å². The molecule has 1 fully saturated rings. The fourth-order valence-electron chi connectivity index (χ4n) is 2.23. The number of aromatic nitrogens is 2. The topological polar surface area (TPSA) is 49.8 Å².